The highest BCUT2D eigenvalue weighted by Crippen LogP contribution is 2.30. The van der Waals surface area contributed by atoms with E-state index in [-0.39, 0.29) is 12.1 Å². The van der Waals surface area contributed by atoms with Crippen LogP contribution in [-0.2, 0) is 17.8 Å². The fourth-order valence-corrected chi connectivity index (χ4v) is 4.37. The van der Waals surface area contributed by atoms with Crippen LogP contribution in [0.5, 0.6) is 0 Å². The van der Waals surface area contributed by atoms with Crippen LogP contribution in [-0.4, -0.2) is 40.3 Å². The van der Waals surface area contributed by atoms with Gasteiger partial charge in [-0.1, -0.05) is 54.8 Å². The Balaban J connectivity index is 1.29. The third-order valence-electron chi connectivity index (χ3n) is 6.05. The molecule has 0 spiro atoms. The van der Waals surface area contributed by atoms with Crippen molar-refractivity contribution in [3.05, 3.63) is 47.6 Å². The largest absolute Gasteiger partial charge is 0.376 e. The van der Waals surface area contributed by atoms with E-state index >= 15 is 0 Å². The number of piperidine rings is 1. The van der Waals surface area contributed by atoms with Crippen molar-refractivity contribution in [3.8, 4) is 0 Å². The Bertz CT molecular complexity index is 789. The SMILES string of the molecule is O=C(NC1CCCCC1)N1CCCCC1c1nc(CCOCc2ccccc2)no1. The highest BCUT2D eigenvalue weighted by molar-refractivity contribution is 5.75. The molecule has 0 radical (unpaired) electrons. The highest BCUT2D eigenvalue weighted by atomic mass is 16.5. The maximum Gasteiger partial charge on any atom is 0.318 e. The van der Waals surface area contributed by atoms with Gasteiger partial charge in [0.15, 0.2) is 5.82 Å². The minimum Gasteiger partial charge on any atom is -0.376 e. The molecular formula is C23H32N4O3. The summed E-state index contributed by atoms with van der Waals surface area (Å²) in [5.41, 5.74) is 1.15. The van der Waals surface area contributed by atoms with Gasteiger partial charge < -0.3 is 19.5 Å². The fourth-order valence-electron chi connectivity index (χ4n) is 4.37. The van der Waals surface area contributed by atoms with Crippen LogP contribution in [0.2, 0.25) is 0 Å². The average molecular weight is 413 g/mol. The van der Waals surface area contributed by atoms with E-state index in [0.29, 0.717) is 37.4 Å². The number of urea groups is 1. The van der Waals surface area contributed by atoms with E-state index in [0.717, 1.165) is 44.2 Å². The third-order valence-corrected chi connectivity index (χ3v) is 6.05. The second-order valence-corrected chi connectivity index (χ2v) is 8.33. The first-order valence-corrected chi connectivity index (χ1v) is 11.3. The molecule has 1 aromatic carbocycles. The molecule has 162 valence electrons. The standard InChI is InChI=1S/C23H32N4O3/c28-23(24-19-11-5-2-6-12-19)27-15-8-7-13-20(27)22-25-21(26-30-22)14-16-29-17-18-9-3-1-4-10-18/h1,3-4,9-10,19-20H,2,5-8,11-17H2,(H,24,28). The van der Waals surface area contributed by atoms with Gasteiger partial charge in [0.05, 0.1) is 13.2 Å². The van der Waals surface area contributed by atoms with Crippen LogP contribution in [0.15, 0.2) is 34.9 Å². The van der Waals surface area contributed by atoms with Gasteiger partial charge in [-0.25, -0.2) is 4.79 Å². The van der Waals surface area contributed by atoms with Gasteiger partial charge in [0, 0.05) is 19.0 Å². The zero-order valence-electron chi connectivity index (χ0n) is 17.6. The summed E-state index contributed by atoms with van der Waals surface area (Å²) in [5.74, 6) is 1.18. The van der Waals surface area contributed by atoms with Gasteiger partial charge in [0.2, 0.25) is 5.89 Å². The lowest BCUT2D eigenvalue weighted by molar-refractivity contribution is 0.122. The summed E-state index contributed by atoms with van der Waals surface area (Å²) >= 11 is 0. The van der Waals surface area contributed by atoms with Crippen molar-refractivity contribution < 1.29 is 14.1 Å². The minimum absolute atomic E-state index is 0.0116. The average Bonchev–Trinajstić information content (AvgIpc) is 3.27. The van der Waals surface area contributed by atoms with Crippen molar-refractivity contribution in [1.29, 1.82) is 0 Å². The molecule has 2 heterocycles. The van der Waals surface area contributed by atoms with Crippen molar-refractivity contribution in [2.75, 3.05) is 13.2 Å². The van der Waals surface area contributed by atoms with E-state index in [9.17, 15) is 4.79 Å². The molecule has 1 saturated carbocycles. The third kappa shape index (κ3) is 5.59. The second kappa shape index (κ2) is 10.6. The summed E-state index contributed by atoms with van der Waals surface area (Å²) in [5, 5.41) is 7.35. The van der Waals surface area contributed by atoms with E-state index in [4.69, 9.17) is 9.26 Å². The summed E-state index contributed by atoms with van der Waals surface area (Å²) in [6.45, 7) is 1.84. The lowest BCUT2D eigenvalue weighted by Gasteiger charge is -2.35. The van der Waals surface area contributed by atoms with Crippen molar-refractivity contribution in [2.45, 2.75) is 76.5 Å². The number of hydrogen-bond donors (Lipinski definition) is 1. The Kier molecular flexibility index (Phi) is 7.34. The number of likely N-dealkylation sites (tertiary alicyclic amines) is 1. The number of ether oxygens (including phenoxy) is 1. The Morgan fingerprint density at radius 2 is 1.90 bits per heavy atom. The van der Waals surface area contributed by atoms with Gasteiger partial charge in [-0.2, -0.15) is 4.98 Å². The monoisotopic (exact) mass is 412 g/mol. The first-order valence-electron chi connectivity index (χ1n) is 11.3. The summed E-state index contributed by atoms with van der Waals surface area (Å²) in [6.07, 6.45) is 9.39. The molecule has 2 aliphatic rings. The summed E-state index contributed by atoms with van der Waals surface area (Å²) in [6, 6.07) is 10.3. The maximum absolute atomic E-state index is 12.9. The zero-order valence-corrected chi connectivity index (χ0v) is 17.6. The molecule has 1 atom stereocenters. The second-order valence-electron chi connectivity index (χ2n) is 8.33. The van der Waals surface area contributed by atoms with Crippen molar-refractivity contribution in [3.63, 3.8) is 0 Å². The predicted octanol–water partition coefficient (Wildman–Crippen LogP) is 4.40. The summed E-state index contributed by atoms with van der Waals surface area (Å²) in [4.78, 5) is 19.4. The lowest BCUT2D eigenvalue weighted by atomic mass is 9.95. The number of hydrogen-bond acceptors (Lipinski definition) is 5. The van der Waals surface area contributed by atoms with E-state index in [1.807, 2.05) is 35.2 Å². The topological polar surface area (TPSA) is 80.5 Å². The first-order chi connectivity index (χ1) is 14.8. The molecule has 4 rings (SSSR count). The van der Waals surface area contributed by atoms with Crippen LogP contribution in [0.25, 0.3) is 0 Å². The quantitative estimate of drug-likeness (QED) is 0.682. The number of carbonyl (C=O) groups excluding carboxylic acids is 1. The van der Waals surface area contributed by atoms with E-state index in [2.05, 4.69) is 15.5 Å². The molecule has 30 heavy (non-hydrogen) atoms. The molecule has 2 aromatic rings. The maximum atomic E-state index is 12.9. The van der Waals surface area contributed by atoms with Crippen LogP contribution in [0, 0.1) is 0 Å². The Hall–Kier alpha value is -2.41. The number of amides is 2. The molecule has 1 aliphatic carbocycles. The molecule has 7 heteroatoms. The van der Waals surface area contributed by atoms with Crippen molar-refractivity contribution in [1.82, 2.24) is 20.4 Å². The van der Waals surface area contributed by atoms with Gasteiger partial charge in [0.25, 0.3) is 0 Å². The van der Waals surface area contributed by atoms with Crippen molar-refractivity contribution >= 4 is 6.03 Å². The molecule has 0 bridgehead atoms. The van der Waals surface area contributed by atoms with E-state index in [1.165, 1.54) is 19.3 Å². The van der Waals surface area contributed by atoms with E-state index in [1.54, 1.807) is 0 Å². The Labute approximate surface area is 178 Å². The number of rotatable bonds is 7. The lowest BCUT2D eigenvalue weighted by Crippen LogP contribution is -2.48. The van der Waals surface area contributed by atoms with Crippen LogP contribution in [0.3, 0.4) is 0 Å². The van der Waals surface area contributed by atoms with Gasteiger partial charge in [0.1, 0.15) is 6.04 Å². The van der Waals surface area contributed by atoms with Gasteiger partial charge in [-0.15, -0.1) is 0 Å². The molecule has 1 aliphatic heterocycles. The van der Waals surface area contributed by atoms with Gasteiger partial charge in [-0.05, 0) is 37.7 Å². The molecule has 1 N–H and O–H groups in total. The first kappa shape index (κ1) is 20.8. The van der Waals surface area contributed by atoms with Gasteiger partial charge in [-0.3, -0.25) is 0 Å². The minimum atomic E-state index is -0.131. The molecular weight excluding hydrogens is 380 g/mol. The molecule has 1 unspecified atom stereocenters. The number of benzene rings is 1. The smallest absolute Gasteiger partial charge is 0.318 e. The summed E-state index contributed by atoms with van der Waals surface area (Å²) in [7, 11) is 0. The molecule has 2 fully saturated rings. The molecule has 7 nitrogen and oxygen atoms in total. The van der Waals surface area contributed by atoms with Crippen LogP contribution >= 0.6 is 0 Å². The van der Waals surface area contributed by atoms with E-state index < -0.39 is 0 Å². The van der Waals surface area contributed by atoms with Crippen LogP contribution < -0.4 is 5.32 Å². The molecule has 2 amide bonds. The zero-order chi connectivity index (χ0) is 20.6. The summed E-state index contributed by atoms with van der Waals surface area (Å²) < 4.78 is 11.3. The normalized spacial score (nSPS) is 20.3. The molecule has 1 saturated heterocycles. The van der Waals surface area contributed by atoms with Gasteiger partial charge >= 0.3 is 6.03 Å². The highest BCUT2D eigenvalue weighted by Gasteiger charge is 2.33. The van der Waals surface area contributed by atoms with Crippen LogP contribution in [0.1, 0.15) is 74.7 Å². The Morgan fingerprint density at radius 3 is 2.73 bits per heavy atom. The Morgan fingerprint density at radius 1 is 1.10 bits per heavy atom. The predicted molar refractivity (Wildman–Crippen MR) is 113 cm³/mol. The number of nitrogens with zero attached hydrogens (tertiary/aromatic N) is 3. The number of carbonyl (C=O) groups is 1. The molecule has 1 aromatic heterocycles. The number of aromatic nitrogens is 2. The van der Waals surface area contributed by atoms with Crippen molar-refractivity contribution in [2.24, 2.45) is 0 Å². The number of nitrogens with one attached hydrogen (secondary N) is 1. The van der Waals surface area contributed by atoms with Crippen LogP contribution in [0.4, 0.5) is 4.79 Å². The fraction of sp³-hybridized carbons (Fsp3) is 0.609.